The second-order valence-corrected chi connectivity index (χ2v) is 6.62. The van der Waals surface area contributed by atoms with Gasteiger partial charge in [0.2, 0.25) is 0 Å². The highest BCUT2D eigenvalue weighted by molar-refractivity contribution is 9.10. The van der Waals surface area contributed by atoms with Crippen molar-refractivity contribution in [1.82, 2.24) is 4.90 Å². The minimum atomic E-state index is 0.596. The van der Waals surface area contributed by atoms with Crippen molar-refractivity contribution >= 4 is 15.9 Å². The van der Waals surface area contributed by atoms with Crippen molar-refractivity contribution in [3.05, 3.63) is 69.7 Å². The third-order valence-corrected chi connectivity index (χ3v) is 5.03. The van der Waals surface area contributed by atoms with Gasteiger partial charge in [0.25, 0.3) is 0 Å². The van der Waals surface area contributed by atoms with Gasteiger partial charge in [0, 0.05) is 24.1 Å². The van der Waals surface area contributed by atoms with E-state index in [1.54, 1.807) is 0 Å². The summed E-state index contributed by atoms with van der Waals surface area (Å²) in [5, 5.41) is 0. The van der Waals surface area contributed by atoms with Gasteiger partial charge in [-0.3, -0.25) is 4.90 Å². The molecule has 1 saturated heterocycles. The first-order chi connectivity index (χ1) is 10.3. The maximum absolute atomic E-state index is 5.68. The molecule has 1 atom stereocenters. The van der Waals surface area contributed by atoms with Crippen molar-refractivity contribution in [3.8, 4) is 0 Å². The number of rotatable bonds is 4. The van der Waals surface area contributed by atoms with Crippen molar-refractivity contribution in [2.45, 2.75) is 25.4 Å². The molecule has 2 nitrogen and oxygen atoms in total. The Balaban J connectivity index is 1.65. The monoisotopic (exact) mass is 344 g/mol. The second-order valence-electron chi connectivity index (χ2n) is 5.76. The van der Waals surface area contributed by atoms with E-state index < -0.39 is 0 Å². The Morgan fingerprint density at radius 1 is 1.14 bits per heavy atom. The van der Waals surface area contributed by atoms with Crippen LogP contribution in [0.1, 0.15) is 29.0 Å². The van der Waals surface area contributed by atoms with Crippen LogP contribution in [0.3, 0.4) is 0 Å². The standard InChI is InChI=1S/C18H21BrN2/c19-18-10-14(11-20)6-7-17(18)13-21-9-8-16(12-21)15-4-2-1-3-5-15/h1-7,10,16H,8-9,11-13,20H2. The van der Waals surface area contributed by atoms with Gasteiger partial charge in [-0.25, -0.2) is 0 Å². The van der Waals surface area contributed by atoms with Crippen LogP contribution in [-0.4, -0.2) is 18.0 Å². The average molecular weight is 345 g/mol. The quantitative estimate of drug-likeness (QED) is 0.911. The highest BCUT2D eigenvalue weighted by Crippen LogP contribution is 2.29. The molecular formula is C18H21BrN2. The van der Waals surface area contributed by atoms with Crippen LogP contribution in [0.2, 0.25) is 0 Å². The Bertz CT molecular complexity index is 597. The number of likely N-dealkylation sites (tertiary alicyclic amines) is 1. The van der Waals surface area contributed by atoms with E-state index in [9.17, 15) is 0 Å². The van der Waals surface area contributed by atoms with E-state index in [0.29, 0.717) is 12.5 Å². The smallest absolute Gasteiger partial charge is 0.0245 e. The van der Waals surface area contributed by atoms with Crippen LogP contribution >= 0.6 is 15.9 Å². The van der Waals surface area contributed by atoms with E-state index >= 15 is 0 Å². The maximum atomic E-state index is 5.68. The topological polar surface area (TPSA) is 29.3 Å². The van der Waals surface area contributed by atoms with Gasteiger partial charge in [-0.1, -0.05) is 58.4 Å². The van der Waals surface area contributed by atoms with Gasteiger partial charge in [0.15, 0.2) is 0 Å². The number of nitrogens with two attached hydrogens (primary N) is 1. The molecule has 3 heteroatoms. The normalized spacial score (nSPS) is 19.0. The Labute approximate surface area is 135 Å². The molecule has 0 saturated carbocycles. The van der Waals surface area contributed by atoms with Gasteiger partial charge in [-0.2, -0.15) is 0 Å². The fraction of sp³-hybridized carbons (Fsp3) is 0.333. The molecule has 3 rings (SSSR count). The van der Waals surface area contributed by atoms with Gasteiger partial charge >= 0.3 is 0 Å². The highest BCUT2D eigenvalue weighted by atomic mass is 79.9. The molecule has 2 aromatic carbocycles. The lowest BCUT2D eigenvalue weighted by Crippen LogP contribution is -2.20. The summed E-state index contributed by atoms with van der Waals surface area (Å²) in [6.45, 7) is 3.92. The van der Waals surface area contributed by atoms with Gasteiger partial charge in [-0.05, 0) is 41.6 Å². The lowest BCUT2D eigenvalue weighted by molar-refractivity contribution is 0.326. The highest BCUT2D eigenvalue weighted by Gasteiger charge is 2.23. The summed E-state index contributed by atoms with van der Waals surface area (Å²) in [7, 11) is 0. The fourth-order valence-corrected chi connectivity index (χ4v) is 3.61. The minimum absolute atomic E-state index is 0.596. The molecule has 0 aromatic heterocycles. The SMILES string of the molecule is NCc1ccc(CN2CCC(c3ccccc3)C2)c(Br)c1. The van der Waals surface area contributed by atoms with Crippen LogP contribution in [-0.2, 0) is 13.1 Å². The molecule has 0 amide bonds. The van der Waals surface area contributed by atoms with Crippen molar-refractivity contribution in [1.29, 1.82) is 0 Å². The Morgan fingerprint density at radius 3 is 2.67 bits per heavy atom. The molecule has 0 aliphatic carbocycles. The lowest BCUT2D eigenvalue weighted by atomic mass is 9.99. The Hall–Kier alpha value is -1.16. The molecule has 0 bridgehead atoms. The predicted molar refractivity (Wildman–Crippen MR) is 91.1 cm³/mol. The summed E-state index contributed by atoms with van der Waals surface area (Å²) in [5.74, 6) is 0.674. The molecule has 1 aliphatic heterocycles. The molecule has 1 aliphatic rings. The number of nitrogens with zero attached hydrogens (tertiary/aromatic N) is 1. The summed E-state index contributed by atoms with van der Waals surface area (Å²) < 4.78 is 1.17. The number of benzene rings is 2. The summed E-state index contributed by atoms with van der Waals surface area (Å²) >= 11 is 3.67. The minimum Gasteiger partial charge on any atom is -0.326 e. The molecule has 21 heavy (non-hydrogen) atoms. The van der Waals surface area contributed by atoms with Crippen LogP contribution in [0.25, 0.3) is 0 Å². The van der Waals surface area contributed by atoms with Gasteiger partial charge < -0.3 is 5.73 Å². The van der Waals surface area contributed by atoms with Crippen LogP contribution in [0.15, 0.2) is 53.0 Å². The first-order valence-electron chi connectivity index (χ1n) is 7.51. The Kier molecular flexibility index (Phi) is 4.73. The second kappa shape index (κ2) is 6.73. The molecule has 1 heterocycles. The zero-order valence-corrected chi connectivity index (χ0v) is 13.7. The zero-order chi connectivity index (χ0) is 14.7. The third-order valence-electron chi connectivity index (χ3n) is 4.29. The van der Waals surface area contributed by atoms with E-state index in [-0.39, 0.29) is 0 Å². The number of halogens is 1. The van der Waals surface area contributed by atoms with Crippen molar-refractivity contribution in [3.63, 3.8) is 0 Å². The molecular weight excluding hydrogens is 324 g/mol. The average Bonchev–Trinajstić information content (AvgIpc) is 2.99. The number of hydrogen-bond acceptors (Lipinski definition) is 2. The van der Waals surface area contributed by atoms with Crippen LogP contribution < -0.4 is 5.73 Å². The van der Waals surface area contributed by atoms with E-state index in [2.05, 4.69) is 69.4 Å². The van der Waals surface area contributed by atoms with E-state index in [1.165, 1.54) is 34.1 Å². The first kappa shape index (κ1) is 14.8. The van der Waals surface area contributed by atoms with Gasteiger partial charge in [0.1, 0.15) is 0 Å². The van der Waals surface area contributed by atoms with Gasteiger partial charge in [-0.15, -0.1) is 0 Å². The fourth-order valence-electron chi connectivity index (χ4n) is 3.06. The molecule has 0 radical (unpaired) electrons. The number of hydrogen-bond donors (Lipinski definition) is 1. The lowest BCUT2D eigenvalue weighted by Gasteiger charge is -2.17. The Morgan fingerprint density at radius 2 is 1.95 bits per heavy atom. The summed E-state index contributed by atoms with van der Waals surface area (Å²) in [4.78, 5) is 2.54. The van der Waals surface area contributed by atoms with Crippen LogP contribution in [0, 0.1) is 0 Å². The molecule has 1 fully saturated rings. The van der Waals surface area contributed by atoms with Gasteiger partial charge in [0.05, 0.1) is 0 Å². The summed E-state index contributed by atoms with van der Waals surface area (Å²) in [6.07, 6.45) is 1.25. The third kappa shape index (κ3) is 3.54. The molecule has 0 spiro atoms. The zero-order valence-electron chi connectivity index (χ0n) is 12.1. The molecule has 2 N–H and O–H groups in total. The molecule has 110 valence electrons. The molecule has 2 aromatic rings. The molecule has 1 unspecified atom stereocenters. The van der Waals surface area contributed by atoms with Crippen molar-refractivity contribution in [2.75, 3.05) is 13.1 Å². The maximum Gasteiger partial charge on any atom is 0.0245 e. The van der Waals surface area contributed by atoms with Crippen molar-refractivity contribution in [2.24, 2.45) is 5.73 Å². The van der Waals surface area contributed by atoms with Crippen LogP contribution in [0.5, 0.6) is 0 Å². The first-order valence-corrected chi connectivity index (χ1v) is 8.30. The largest absolute Gasteiger partial charge is 0.326 e. The van der Waals surface area contributed by atoms with E-state index in [1.807, 2.05) is 0 Å². The van der Waals surface area contributed by atoms with E-state index in [4.69, 9.17) is 5.73 Å². The van der Waals surface area contributed by atoms with Crippen LogP contribution in [0.4, 0.5) is 0 Å². The summed E-state index contributed by atoms with van der Waals surface area (Å²) in [6, 6.07) is 17.3. The predicted octanol–water partition coefficient (Wildman–Crippen LogP) is 3.90. The summed E-state index contributed by atoms with van der Waals surface area (Å²) in [5.41, 5.74) is 9.68. The van der Waals surface area contributed by atoms with E-state index in [0.717, 1.165) is 13.1 Å². The van der Waals surface area contributed by atoms with Crippen molar-refractivity contribution < 1.29 is 0 Å².